The summed E-state index contributed by atoms with van der Waals surface area (Å²) in [6.45, 7) is 7.13. The maximum absolute atomic E-state index is 12.4. The summed E-state index contributed by atoms with van der Waals surface area (Å²) in [6, 6.07) is 6.95. The Kier molecular flexibility index (Phi) is 9.48. The van der Waals surface area contributed by atoms with Crippen molar-refractivity contribution in [1.82, 2.24) is 14.9 Å². The topological polar surface area (TPSA) is 83.0 Å². The molecule has 0 aliphatic heterocycles. The van der Waals surface area contributed by atoms with E-state index in [1.54, 1.807) is 18.2 Å². The lowest BCUT2D eigenvalue weighted by atomic mass is 10.2. The summed E-state index contributed by atoms with van der Waals surface area (Å²) < 4.78 is 31.4. The normalized spacial score (nSPS) is 12.4. The molecular weight excluding hydrogens is 340 g/mol. The van der Waals surface area contributed by atoms with Crippen molar-refractivity contribution in [2.45, 2.75) is 31.7 Å². The van der Waals surface area contributed by atoms with E-state index in [1.807, 2.05) is 19.9 Å². The smallest absolute Gasteiger partial charge is 0.242 e. The van der Waals surface area contributed by atoms with Crippen LogP contribution in [0, 0.1) is 0 Å². The van der Waals surface area contributed by atoms with Crippen molar-refractivity contribution in [3.05, 3.63) is 29.8 Å². The Morgan fingerprint density at radius 3 is 2.56 bits per heavy atom. The zero-order valence-electron chi connectivity index (χ0n) is 15.6. The van der Waals surface area contributed by atoms with Crippen molar-refractivity contribution in [2.24, 2.45) is 4.99 Å². The van der Waals surface area contributed by atoms with Gasteiger partial charge in [0.2, 0.25) is 10.0 Å². The predicted octanol–water partition coefficient (Wildman–Crippen LogP) is 1.42. The minimum Gasteiger partial charge on any atom is -0.382 e. The van der Waals surface area contributed by atoms with E-state index in [0.717, 1.165) is 19.5 Å². The van der Waals surface area contributed by atoms with E-state index in [9.17, 15) is 8.42 Å². The second-order valence-corrected chi connectivity index (χ2v) is 7.69. The SMILES string of the molecule is CCNC(=NCc1ccccc1S(=O)(=O)N(C)C)NCCCOCC. The monoisotopic (exact) mass is 370 g/mol. The van der Waals surface area contributed by atoms with Crippen molar-refractivity contribution < 1.29 is 13.2 Å². The number of hydrogen-bond donors (Lipinski definition) is 2. The van der Waals surface area contributed by atoms with Crippen LogP contribution in [0.4, 0.5) is 0 Å². The van der Waals surface area contributed by atoms with Crippen molar-refractivity contribution in [3.63, 3.8) is 0 Å². The third-order valence-electron chi connectivity index (χ3n) is 3.44. The van der Waals surface area contributed by atoms with Gasteiger partial charge in [-0.25, -0.2) is 17.7 Å². The fraction of sp³-hybridized carbons (Fsp3) is 0.588. The zero-order valence-corrected chi connectivity index (χ0v) is 16.4. The molecule has 0 amide bonds. The zero-order chi connectivity index (χ0) is 18.7. The number of sulfonamides is 1. The molecule has 0 saturated carbocycles. The van der Waals surface area contributed by atoms with Crippen LogP contribution in [-0.4, -0.2) is 59.1 Å². The highest BCUT2D eigenvalue weighted by atomic mass is 32.2. The number of nitrogens with one attached hydrogen (secondary N) is 2. The molecule has 1 aromatic rings. The van der Waals surface area contributed by atoms with Crippen LogP contribution in [0.25, 0.3) is 0 Å². The quantitative estimate of drug-likeness (QED) is 0.370. The van der Waals surface area contributed by atoms with E-state index < -0.39 is 10.0 Å². The van der Waals surface area contributed by atoms with E-state index in [0.29, 0.717) is 24.7 Å². The van der Waals surface area contributed by atoms with Gasteiger partial charge in [0, 0.05) is 40.4 Å². The molecule has 1 rings (SSSR count). The molecule has 0 bridgehead atoms. The van der Waals surface area contributed by atoms with Crippen LogP contribution in [0.15, 0.2) is 34.2 Å². The second kappa shape index (κ2) is 11.1. The Balaban J connectivity index is 2.83. The lowest BCUT2D eigenvalue weighted by Crippen LogP contribution is -2.38. The predicted molar refractivity (Wildman–Crippen MR) is 101 cm³/mol. The van der Waals surface area contributed by atoms with Gasteiger partial charge in [0.15, 0.2) is 5.96 Å². The molecule has 7 nitrogen and oxygen atoms in total. The Bertz CT molecular complexity index is 645. The van der Waals surface area contributed by atoms with Crippen LogP contribution in [0.5, 0.6) is 0 Å². The summed E-state index contributed by atoms with van der Waals surface area (Å²) in [6.07, 6.45) is 0.879. The van der Waals surface area contributed by atoms with Crippen molar-refractivity contribution >= 4 is 16.0 Å². The Labute approximate surface area is 151 Å². The van der Waals surface area contributed by atoms with Gasteiger partial charge >= 0.3 is 0 Å². The number of nitrogens with zero attached hydrogens (tertiary/aromatic N) is 2. The van der Waals surface area contributed by atoms with Crippen molar-refractivity contribution in [3.8, 4) is 0 Å². The molecule has 0 aliphatic rings. The van der Waals surface area contributed by atoms with Crippen molar-refractivity contribution in [1.29, 1.82) is 0 Å². The highest BCUT2D eigenvalue weighted by Crippen LogP contribution is 2.19. The van der Waals surface area contributed by atoms with Gasteiger partial charge in [-0.3, -0.25) is 0 Å². The fourth-order valence-electron chi connectivity index (χ4n) is 2.11. The van der Waals surface area contributed by atoms with E-state index in [-0.39, 0.29) is 11.4 Å². The number of ether oxygens (including phenoxy) is 1. The summed E-state index contributed by atoms with van der Waals surface area (Å²) in [5.41, 5.74) is 0.669. The highest BCUT2D eigenvalue weighted by Gasteiger charge is 2.20. The Hall–Kier alpha value is -1.64. The molecule has 0 unspecified atom stereocenters. The van der Waals surface area contributed by atoms with Gasteiger partial charge in [0.1, 0.15) is 0 Å². The third-order valence-corrected chi connectivity index (χ3v) is 5.36. The minimum absolute atomic E-state index is 0.282. The molecule has 0 saturated heterocycles. The summed E-state index contributed by atoms with van der Waals surface area (Å²) in [7, 11) is -0.434. The first-order chi connectivity index (χ1) is 11.9. The average Bonchev–Trinajstić information content (AvgIpc) is 2.59. The number of guanidine groups is 1. The van der Waals surface area contributed by atoms with E-state index in [4.69, 9.17) is 4.74 Å². The average molecular weight is 371 g/mol. The molecule has 0 fully saturated rings. The number of rotatable bonds is 10. The largest absolute Gasteiger partial charge is 0.382 e. The number of hydrogen-bond acceptors (Lipinski definition) is 4. The molecule has 0 heterocycles. The van der Waals surface area contributed by atoms with Crippen LogP contribution in [0.2, 0.25) is 0 Å². The molecular formula is C17H30N4O3S. The molecule has 142 valence electrons. The second-order valence-electron chi connectivity index (χ2n) is 5.57. The van der Waals surface area contributed by atoms with Gasteiger partial charge in [-0.2, -0.15) is 0 Å². The number of benzene rings is 1. The fourth-order valence-corrected chi connectivity index (χ4v) is 3.22. The molecule has 2 N–H and O–H groups in total. The molecule has 0 atom stereocenters. The molecule has 0 aromatic heterocycles. The van der Waals surface area contributed by atoms with E-state index in [1.165, 1.54) is 18.4 Å². The molecule has 1 aromatic carbocycles. The first-order valence-corrected chi connectivity index (χ1v) is 9.97. The van der Waals surface area contributed by atoms with Gasteiger partial charge in [-0.05, 0) is 31.9 Å². The first-order valence-electron chi connectivity index (χ1n) is 8.53. The van der Waals surface area contributed by atoms with Gasteiger partial charge in [0.25, 0.3) is 0 Å². The van der Waals surface area contributed by atoms with Crippen molar-refractivity contribution in [2.75, 3.05) is 40.4 Å². The molecule has 0 radical (unpaired) electrons. The lowest BCUT2D eigenvalue weighted by Gasteiger charge is -2.15. The molecule has 8 heteroatoms. The van der Waals surface area contributed by atoms with Crippen LogP contribution in [-0.2, 0) is 21.3 Å². The van der Waals surface area contributed by atoms with Gasteiger partial charge in [-0.1, -0.05) is 18.2 Å². The van der Waals surface area contributed by atoms with Gasteiger partial charge in [0.05, 0.1) is 11.4 Å². The van der Waals surface area contributed by atoms with Gasteiger partial charge < -0.3 is 15.4 Å². The summed E-state index contributed by atoms with van der Waals surface area (Å²) >= 11 is 0. The maximum atomic E-state index is 12.4. The summed E-state index contributed by atoms with van der Waals surface area (Å²) in [5.74, 6) is 0.663. The van der Waals surface area contributed by atoms with Crippen LogP contribution in [0.1, 0.15) is 25.8 Å². The molecule has 0 spiro atoms. The van der Waals surface area contributed by atoms with E-state index in [2.05, 4.69) is 15.6 Å². The number of aliphatic imine (C=N–C) groups is 1. The van der Waals surface area contributed by atoms with Crippen LogP contribution >= 0.6 is 0 Å². The summed E-state index contributed by atoms with van der Waals surface area (Å²) in [4.78, 5) is 4.79. The Morgan fingerprint density at radius 2 is 1.92 bits per heavy atom. The van der Waals surface area contributed by atoms with Crippen LogP contribution in [0.3, 0.4) is 0 Å². The highest BCUT2D eigenvalue weighted by molar-refractivity contribution is 7.89. The summed E-state index contributed by atoms with van der Waals surface area (Å²) in [5, 5.41) is 6.39. The minimum atomic E-state index is -3.49. The maximum Gasteiger partial charge on any atom is 0.242 e. The first kappa shape index (κ1) is 21.4. The lowest BCUT2D eigenvalue weighted by molar-refractivity contribution is 0.145. The standard InChI is InChI=1S/C17H30N4O3S/c1-5-18-17(19-12-9-13-24-6-2)20-14-15-10-7-8-11-16(15)25(22,23)21(3)4/h7-8,10-11H,5-6,9,12-14H2,1-4H3,(H2,18,19,20). The Morgan fingerprint density at radius 1 is 1.20 bits per heavy atom. The van der Waals surface area contributed by atoms with E-state index >= 15 is 0 Å². The van der Waals surface area contributed by atoms with Gasteiger partial charge in [-0.15, -0.1) is 0 Å². The molecule has 0 aliphatic carbocycles. The molecule has 25 heavy (non-hydrogen) atoms. The third kappa shape index (κ3) is 7.01. The van der Waals surface area contributed by atoms with Crippen LogP contribution < -0.4 is 10.6 Å².